The van der Waals surface area contributed by atoms with E-state index in [0.29, 0.717) is 19.6 Å². The van der Waals surface area contributed by atoms with Crippen molar-refractivity contribution in [2.75, 3.05) is 17.9 Å². The molecule has 32 heavy (non-hydrogen) atoms. The Morgan fingerprint density at radius 1 is 0.969 bits per heavy atom. The summed E-state index contributed by atoms with van der Waals surface area (Å²) in [6.45, 7) is 0.739. The highest BCUT2D eigenvalue weighted by atomic mass is 32.2. The van der Waals surface area contributed by atoms with Crippen molar-refractivity contribution in [2.45, 2.75) is 11.3 Å². The third-order valence-corrected chi connectivity index (χ3v) is 5.74. The van der Waals surface area contributed by atoms with Gasteiger partial charge in [-0.3, -0.25) is 19.6 Å². The summed E-state index contributed by atoms with van der Waals surface area (Å²) in [5.74, 6) is 0.279. The number of non-ortho nitro benzene ring substituents is 1. The Bertz CT molecular complexity index is 1200. The highest BCUT2D eigenvalue weighted by molar-refractivity contribution is 7.92. The summed E-state index contributed by atoms with van der Waals surface area (Å²) in [7, 11) is -4.14. The number of hydrogen-bond acceptors (Lipinski definition) is 6. The molecule has 0 aliphatic heterocycles. The molecule has 9 nitrogen and oxygen atoms in total. The first-order valence-electron chi connectivity index (χ1n) is 9.69. The number of nitrogens with one attached hydrogen (secondary N) is 2. The first-order valence-corrected chi connectivity index (χ1v) is 11.2. The van der Waals surface area contributed by atoms with Crippen molar-refractivity contribution in [3.8, 4) is 5.75 Å². The van der Waals surface area contributed by atoms with E-state index in [1.54, 1.807) is 12.1 Å². The Labute approximate surface area is 185 Å². The van der Waals surface area contributed by atoms with Gasteiger partial charge in [-0.2, -0.15) is 0 Å². The average molecular weight is 455 g/mol. The smallest absolute Gasteiger partial charge is 0.270 e. The maximum atomic E-state index is 12.7. The van der Waals surface area contributed by atoms with Gasteiger partial charge in [-0.05, 0) is 36.8 Å². The number of amides is 1. The first kappa shape index (κ1) is 22.8. The van der Waals surface area contributed by atoms with Gasteiger partial charge in [-0.15, -0.1) is 0 Å². The monoisotopic (exact) mass is 455 g/mol. The predicted molar refractivity (Wildman–Crippen MR) is 119 cm³/mol. The maximum absolute atomic E-state index is 12.7. The van der Waals surface area contributed by atoms with Gasteiger partial charge >= 0.3 is 0 Å². The molecule has 2 N–H and O–H groups in total. The molecule has 0 bridgehead atoms. The topological polar surface area (TPSA) is 128 Å². The van der Waals surface area contributed by atoms with Crippen LogP contribution in [-0.2, 0) is 10.0 Å². The molecule has 0 unspecified atom stereocenters. The quantitative estimate of drug-likeness (QED) is 0.273. The number of carbonyl (C=O) groups is 1. The van der Waals surface area contributed by atoms with Crippen LogP contribution in [0.5, 0.6) is 5.75 Å². The van der Waals surface area contributed by atoms with E-state index in [2.05, 4.69) is 10.0 Å². The van der Waals surface area contributed by atoms with Crippen LogP contribution in [0.25, 0.3) is 0 Å². The second-order valence-corrected chi connectivity index (χ2v) is 8.36. The number of sulfonamides is 1. The van der Waals surface area contributed by atoms with E-state index in [-0.39, 0.29) is 21.8 Å². The lowest BCUT2D eigenvalue weighted by molar-refractivity contribution is -0.385. The van der Waals surface area contributed by atoms with Crippen LogP contribution in [0.2, 0.25) is 0 Å². The van der Waals surface area contributed by atoms with Gasteiger partial charge in [0.05, 0.1) is 27.7 Å². The second-order valence-electron chi connectivity index (χ2n) is 6.68. The number of rotatable bonds is 10. The first-order chi connectivity index (χ1) is 15.4. The summed E-state index contributed by atoms with van der Waals surface area (Å²) in [5, 5.41) is 13.7. The zero-order chi connectivity index (χ0) is 23.0. The van der Waals surface area contributed by atoms with Crippen LogP contribution < -0.4 is 14.8 Å². The van der Waals surface area contributed by atoms with Gasteiger partial charge in [0, 0.05) is 18.7 Å². The summed E-state index contributed by atoms with van der Waals surface area (Å²) in [4.78, 5) is 22.6. The van der Waals surface area contributed by atoms with Crippen LogP contribution >= 0.6 is 0 Å². The Morgan fingerprint density at radius 3 is 2.44 bits per heavy atom. The zero-order valence-corrected chi connectivity index (χ0v) is 17.7. The molecule has 0 saturated heterocycles. The molecule has 0 aliphatic rings. The lowest BCUT2D eigenvalue weighted by Gasteiger charge is -2.13. The summed E-state index contributed by atoms with van der Waals surface area (Å²) in [5.41, 5.74) is -0.154. The Morgan fingerprint density at radius 2 is 1.69 bits per heavy atom. The minimum absolute atomic E-state index is 0.0667. The average Bonchev–Trinajstić information content (AvgIpc) is 2.79. The standard InChI is InChI=1S/C22H21N3O6S/c26-22(23-14-7-15-31-18-9-2-1-3-10-18)20-12-4-5-13-21(20)24-32(29,30)19-11-6-8-17(16-19)25(27)28/h1-6,8-13,16,24H,7,14-15H2,(H,23,26). The van der Waals surface area contributed by atoms with Gasteiger partial charge in [0.2, 0.25) is 0 Å². The molecule has 3 rings (SSSR count). The van der Waals surface area contributed by atoms with E-state index in [4.69, 9.17) is 4.74 Å². The molecule has 0 atom stereocenters. The van der Waals surface area contributed by atoms with E-state index in [9.17, 15) is 23.3 Å². The van der Waals surface area contributed by atoms with Crippen LogP contribution in [0.1, 0.15) is 16.8 Å². The largest absolute Gasteiger partial charge is 0.494 e. The van der Waals surface area contributed by atoms with E-state index < -0.39 is 20.9 Å². The molecule has 0 saturated carbocycles. The van der Waals surface area contributed by atoms with E-state index in [0.717, 1.165) is 11.8 Å². The fourth-order valence-corrected chi connectivity index (χ4v) is 3.93. The van der Waals surface area contributed by atoms with Crippen LogP contribution in [0.15, 0.2) is 83.8 Å². The molecule has 0 heterocycles. The predicted octanol–water partition coefficient (Wildman–Crippen LogP) is 3.59. The van der Waals surface area contributed by atoms with Gasteiger partial charge in [-0.1, -0.05) is 36.4 Å². The minimum atomic E-state index is -4.14. The van der Waals surface area contributed by atoms with E-state index >= 15 is 0 Å². The van der Waals surface area contributed by atoms with Crippen LogP contribution in [0, 0.1) is 10.1 Å². The normalized spacial score (nSPS) is 10.9. The number of nitrogens with zero attached hydrogens (tertiary/aromatic N) is 1. The molecular formula is C22H21N3O6S. The molecule has 166 valence electrons. The molecule has 0 radical (unpaired) electrons. The Kier molecular flexibility index (Phi) is 7.40. The van der Waals surface area contributed by atoms with Gasteiger partial charge in [-0.25, -0.2) is 8.42 Å². The SMILES string of the molecule is O=C(NCCCOc1ccccc1)c1ccccc1NS(=O)(=O)c1cccc([N+](=O)[O-])c1. The van der Waals surface area contributed by atoms with Crippen LogP contribution in [0.3, 0.4) is 0 Å². The fraction of sp³-hybridized carbons (Fsp3) is 0.136. The summed E-state index contributed by atoms with van der Waals surface area (Å²) < 4.78 is 33.3. The number of para-hydroxylation sites is 2. The van der Waals surface area contributed by atoms with Gasteiger partial charge < -0.3 is 10.1 Å². The molecule has 0 aromatic heterocycles. The highest BCUT2D eigenvalue weighted by Crippen LogP contribution is 2.22. The molecule has 0 fully saturated rings. The van der Waals surface area contributed by atoms with E-state index in [1.807, 2.05) is 30.3 Å². The number of hydrogen-bond donors (Lipinski definition) is 2. The van der Waals surface area contributed by atoms with Crippen molar-refractivity contribution in [1.29, 1.82) is 0 Å². The van der Waals surface area contributed by atoms with Crippen molar-refractivity contribution in [1.82, 2.24) is 5.32 Å². The molecule has 3 aromatic rings. The van der Waals surface area contributed by atoms with Crippen molar-refractivity contribution in [3.05, 3.63) is 94.5 Å². The number of nitro groups is 1. The number of benzene rings is 3. The number of nitro benzene ring substituents is 1. The lowest BCUT2D eigenvalue weighted by atomic mass is 10.1. The fourth-order valence-electron chi connectivity index (χ4n) is 2.81. The maximum Gasteiger partial charge on any atom is 0.270 e. The number of anilines is 1. The molecule has 0 aliphatic carbocycles. The summed E-state index contributed by atoms with van der Waals surface area (Å²) in [6.07, 6.45) is 0.558. The van der Waals surface area contributed by atoms with Crippen molar-refractivity contribution in [2.24, 2.45) is 0 Å². The third kappa shape index (κ3) is 6.05. The molecule has 1 amide bonds. The molecule has 10 heteroatoms. The van der Waals surface area contributed by atoms with Crippen molar-refractivity contribution in [3.63, 3.8) is 0 Å². The number of ether oxygens (including phenoxy) is 1. The van der Waals surface area contributed by atoms with Gasteiger partial charge in [0.15, 0.2) is 0 Å². The number of carbonyl (C=O) groups excluding carboxylic acids is 1. The second kappa shape index (κ2) is 10.4. The lowest BCUT2D eigenvalue weighted by Crippen LogP contribution is -2.27. The molecular weight excluding hydrogens is 434 g/mol. The van der Waals surface area contributed by atoms with Crippen LogP contribution in [-0.4, -0.2) is 32.4 Å². The van der Waals surface area contributed by atoms with Crippen molar-refractivity contribution < 1.29 is 22.9 Å². The highest BCUT2D eigenvalue weighted by Gasteiger charge is 2.20. The molecule has 0 spiro atoms. The third-order valence-electron chi connectivity index (χ3n) is 4.37. The van der Waals surface area contributed by atoms with Gasteiger partial charge in [0.25, 0.3) is 21.6 Å². The summed E-state index contributed by atoms with van der Waals surface area (Å²) in [6, 6.07) is 20.1. The summed E-state index contributed by atoms with van der Waals surface area (Å²) >= 11 is 0. The zero-order valence-electron chi connectivity index (χ0n) is 16.9. The molecule has 3 aromatic carbocycles. The van der Waals surface area contributed by atoms with E-state index in [1.165, 1.54) is 30.3 Å². The van der Waals surface area contributed by atoms with Crippen LogP contribution in [0.4, 0.5) is 11.4 Å². The Balaban J connectivity index is 1.63. The van der Waals surface area contributed by atoms with Gasteiger partial charge in [0.1, 0.15) is 5.75 Å². The Hall–Kier alpha value is -3.92. The van der Waals surface area contributed by atoms with Crippen molar-refractivity contribution >= 4 is 27.3 Å². The minimum Gasteiger partial charge on any atom is -0.494 e.